The molecule has 0 fully saturated rings. The Labute approximate surface area is 216 Å². The molecule has 4 rings (SSSR count). The lowest BCUT2D eigenvalue weighted by Crippen LogP contribution is -2.02. The Morgan fingerprint density at radius 2 is 1.26 bits per heavy atom. The van der Waals surface area contributed by atoms with E-state index < -0.39 is 5.97 Å². The predicted molar refractivity (Wildman–Crippen MR) is 130 cm³/mol. The molecule has 0 saturated carbocycles. The average molecular weight is 516 g/mol. The van der Waals surface area contributed by atoms with Gasteiger partial charge in [-0.1, -0.05) is 0 Å². The van der Waals surface area contributed by atoms with Crippen LogP contribution < -0.4 is 4.74 Å². The number of carboxylic acid groups (broad SMARTS) is 1. The number of nitrogens with zero attached hydrogens (tertiary/aromatic N) is 4. The van der Waals surface area contributed by atoms with Crippen LogP contribution in [0.4, 0.5) is 0 Å². The average Bonchev–Trinajstić information content (AvgIpc) is 2.94. The highest BCUT2D eigenvalue weighted by Gasteiger charge is 2.09. The van der Waals surface area contributed by atoms with Crippen molar-refractivity contribution in [2.45, 2.75) is 6.92 Å². The second-order valence-corrected chi connectivity index (χ2v) is 7.05. The fourth-order valence-corrected chi connectivity index (χ4v) is 2.88. The van der Waals surface area contributed by atoms with Crippen molar-refractivity contribution in [1.82, 2.24) is 19.9 Å². The largest absolute Gasteiger partial charge is 0.478 e. The van der Waals surface area contributed by atoms with E-state index in [0.29, 0.717) is 34.9 Å². The number of rotatable bonds is 6. The van der Waals surface area contributed by atoms with E-state index in [1.807, 2.05) is 19.1 Å². The molecule has 12 nitrogen and oxygen atoms in total. The lowest BCUT2D eigenvalue weighted by Gasteiger charge is -2.03. The molecule has 0 aliphatic heterocycles. The maximum Gasteiger partial charge on any atom is 0.373 e. The number of esters is 1. The lowest BCUT2D eigenvalue weighted by molar-refractivity contribution is -0.191. The number of carbonyl (C=O) groups is 3. The van der Waals surface area contributed by atoms with E-state index in [4.69, 9.17) is 14.7 Å². The van der Waals surface area contributed by atoms with Crippen molar-refractivity contribution < 1.29 is 38.6 Å². The van der Waals surface area contributed by atoms with Crippen LogP contribution in [-0.2, 0) is 19.1 Å². The van der Waals surface area contributed by atoms with E-state index in [1.165, 1.54) is 43.8 Å². The highest BCUT2D eigenvalue weighted by atomic mass is 16.5. The fourth-order valence-electron chi connectivity index (χ4n) is 2.88. The van der Waals surface area contributed by atoms with Crippen LogP contribution in [0.1, 0.15) is 26.3 Å². The molecular weight excluding hydrogens is 496 g/mol. The number of pyridine rings is 4. The van der Waals surface area contributed by atoms with Gasteiger partial charge in [0.1, 0.15) is 5.75 Å². The summed E-state index contributed by atoms with van der Waals surface area (Å²) in [7, 11) is 1.35. The highest BCUT2D eigenvalue weighted by Crippen LogP contribution is 2.20. The monoisotopic (exact) mass is 516 g/mol. The van der Waals surface area contributed by atoms with Gasteiger partial charge in [-0.3, -0.25) is 24.7 Å². The highest BCUT2D eigenvalue weighted by molar-refractivity contribution is 5.90. The van der Waals surface area contributed by atoms with Crippen LogP contribution in [0.5, 0.6) is 5.75 Å². The van der Waals surface area contributed by atoms with Crippen molar-refractivity contribution in [1.29, 1.82) is 0 Å². The number of carboxylic acids is 1. The van der Waals surface area contributed by atoms with Crippen LogP contribution >= 0.6 is 0 Å². The lowest BCUT2D eigenvalue weighted by atomic mass is 10.1. The molecule has 4 heterocycles. The molecule has 4 aromatic rings. The molecule has 0 bridgehead atoms. The summed E-state index contributed by atoms with van der Waals surface area (Å²) in [5.41, 5.74) is 3.92. The van der Waals surface area contributed by atoms with Gasteiger partial charge in [-0.2, -0.15) is 9.59 Å². The van der Waals surface area contributed by atoms with E-state index in [1.54, 1.807) is 24.5 Å². The topological polar surface area (TPSA) is 176 Å². The standard InChI is InChI=1S/C13H12N2O2.C12H8N2O4.CO2/c1-9-3-5-14-11(7-9)12-8-10(4-6-15-12)13(16)17-2;15-7-18-9-2-4-14-11(6-9)10-5-8(12(16)17)1-3-13-10;2-1-3/h3-8H,1-2H3;1-7H,(H,16,17);. The first kappa shape index (κ1) is 28.6. The van der Waals surface area contributed by atoms with Gasteiger partial charge in [-0.25, -0.2) is 9.59 Å². The molecule has 0 aliphatic rings. The first-order valence-electron chi connectivity index (χ1n) is 10.6. The Kier molecular flexibility index (Phi) is 11.1. The zero-order valence-electron chi connectivity index (χ0n) is 20.1. The molecule has 0 aromatic carbocycles. The van der Waals surface area contributed by atoms with Crippen LogP contribution in [0.25, 0.3) is 22.8 Å². The predicted octanol–water partition coefficient (Wildman–Crippen LogP) is 3.03. The van der Waals surface area contributed by atoms with Crippen molar-refractivity contribution in [3.63, 3.8) is 0 Å². The van der Waals surface area contributed by atoms with Gasteiger partial charge in [0.2, 0.25) is 0 Å². The number of aromatic carboxylic acids is 1. The number of aromatic nitrogens is 4. The summed E-state index contributed by atoms with van der Waals surface area (Å²) >= 11 is 0. The molecule has 0 atom stereocenters. The maximum absolute atomic E-state index is 11.4. The number of hydrogen-bond acceptors (Lipinski definition) is 11. The number of carbonyl (C=O) groups excluding carboxylic acids is 4. The first-order chi connectivity index (χ1) is 18.3. The summed E-state index contributed by atoms with van der Waals surface area (Å²) in [6.07, 6.45) is 6.37. The molecule has 1 N–H and O–H groups in total. The first-order valence-corrected chi connectivity index (χ1v) is 10.6. The van der Waals surface area contributed by atoms with Crippen LogP contribution in [0.3, 0.4) is 0 Å². The van der Waals surface area contributed by atoms with E-state index in [0.717, 1.165) is 11.3 Å². The number of ether oxygens (including phenoxy) is 2. The van der Waals surface area contributed by atoms with Crippen LogP contribution in [0.2, 0.25) is 0 Å². The summed E-state index contributed by atoms with van der Waals surface area (Å²) in [6.45, 7) is 2.29. The smallest absolute Gasteiger partial charge is 0.373 e. The quantitative estimate of drug-likeness (QED) is 0.293. The van der Waals surface area contributed by atoms with Gasteiger partial charge in [-0.15, -0.1) is 0 Å². The second-order valence-electron chi connectivity index (χ2n) is 7.05. The normalized spacial score (nSPS) is 9.32. The summed E-state index contributed by atoms with van der Waals surface area (Å²) in [5, 5.41) is 8.88. The SMILES string of the molecule is COC(=O)c1ccnc(-c2cc(C)ccn2)c1.O=C=O.O=COc1ccnc(-c2cc(C(=O)O)ccn2)c1. The molecule has 0 aliphatic carbocycles. The third kappa shape index (κ3) is 8.56. The minimum absolute atomic E-state index is 0.114. The molecule has 4 aromatic heterocycles. The van der Waals surface area contributed by atoms with Gasteiger partial charge in [0.25, 0.3) is 6.47 Å². The minimum Gasteiger partial charge on any atom is -0.478 e. The Morgan fingerprint density at radius 1 is 0.789 bits per heavy atom. The van der Waals surface area contributed by atoms with Crippen LogP contribution in [0.15, 0.2) is 73.3 Å². The fraction of sp³-hybridized carbons (Fsp3) is 0.0769. The molecular formula is C26H20N4O8. The van der Waals surface area contributed by atoms with Crippen molar-refractivity contribution >= 4 is 24.6 Å². The van der Waals surface area contributed by atoms with Crippen molar-refractivity contribution in [2.75, 3.05) is 7.11 Å². The summed E-state index contributed by atoms with van der Waals surface area (Å²) in [4.78, 5) is 65.2. The zero-order chi connectivity index (χ0) is 27.9. The molecule has 0 amide bonds. The van der Waals surface area contributed by atoms with Gasteiger partial charge in [-0.05, 0) is 55.0 Å². The number of hydrogen-bond donors (Lipinski definition) is 1. The Morgan fingerprint density at radius 3 is 1.79 bits per heavy atom. The summed E-state index contributed by atoms with van der Waals surface area (Å²) in [6, 6.07) is 12.9. The third-order valence-electron chi connectivity index (χ3n) is 4.54. The third-order valence-corrected chi connectivity index (χ3v) is 4.54. The van der Waals surface area contributed by atoms with Crippen molar-refractivity contribution in [3.8, 4) is 28.5 Å². The van der Waals surface area contributed by atoms with E-state index >= 15 is 0 Å². The van der Waals surface area contributed by atoms with E-state index in [2.05, 4.69) is 29.4 Å². The van der Waals surface area contributed by atoms with Crippen LogP contribution in [0, 0.1) is 6.92 Å². The molecule has 0 unspecified atom stereocenters. The van der Waals surface area contributed by atoms with Gasteiger partial charge in [0.15, 0.2) is 0 Å². The Bertz CT molecular complexity index is 1450. The molecule has 0 radical (unpaired) electrons. The number of methoxy groups -OCH3 is 1. The maximum atomic E-state index is 11.4. The van der Waals surface area contributed by atoms with Crippen molar-refractivity contribution in [3.05, 3.63) is 90.0 Å². The molecule has 38 heavy (non-hydrogen) atoms. The van der Waals surface area contributed by atoms with Gasteiger partial charge < -0.3 is 14.6 Å². The second kappa shape index (κ2) is 14.7. The Balaban J connectivity index is 0.000000242. The van der Waals surface area contributed by atoms with Gasteiger partial charge in [0, 0.05) is 30.9 Å². The summed E-state index contributed by atoms with van der Waals surface area (Å²) < 4.78 is 9.34. The van der Waals surface area contributed by atoms with Crippen molar-refractivity contribution in [2.24, 2.45) is 0 Å². The molecule has 192 valence electrons. The molecule has 0 saturated heterocycles. The molecule has 12 heteroatoms. The zero-order valence-corrected chi connectivity index (χ0v) is 20.1. The van der Waals surface area contributed by atoms with Crippen LogP contribution in [-0.4, -0.2) is 56.7 Å². The van der Waals surface area contributed by atoms with Gasteiger partial charge in [0.05, 0.1) is 41.0 Å². The number of aryl methyl sites for hydroxylation is 1. The molecule has 0 spiro atoms. The summed E-state index contributed by atoms with van der Waals surface area (Å²) in [5.74, 6) is -1.10. The minimum atomic E-state index is -1.04. The van der Waals surface area contributed by atoms with Gasteiger partial charge >= 0.3 is 18.1 Å². The Hall–Kier alpha value is -5.61. The van der Waals surface area contributed by atoms with E-state index in [-0.39, 0.29) is 17.7 Å². The van der Waals surface area contributed by atoms with E-state index in [9.17, 15) is 14.4 Å².